The van der Waals surface area contributed by atoms with E-state index in [0.717, 1.165) is 30.4 Å². The summed E-state index contributed by atoms with van der Waals surface area (Å²) in [5.41, 5.74) is 8.13. The second-order valence-electron chi connectivity index (χ2n) is 7.14. The van der Waals surface area contributed by atoms with Crippen LogP contribution in [0.4, 0.5) is 0 Å². The van der Waals surface area contributed by atoms with Crippen molar-refractivity contribution in [3.8, 4) is 11.4 Å². The Bertz CT molecular complexity index is 911. The Hall–Kier alpha value is -2.99. The van der Waals surface area contributed by atoms with E-state index in [2.05, 4.69) is 10.1 Å². The maximum atomic E-state index is 13.0. The second kappa shape index (κ2) is 8.35. The number of amides is 1. The van der Waals surface area contributed by atoms with E-state index in [4.69, 9.17) is 10.3 Å². The molecule has 1 saturated heterocycles. The number of carbonyl (C=O) groups is 1. The summed E-state index contributed by atoms with van der Waals surface area (Å²) >= 11 is 0. The first-order valence-corrected chi connectivity index (χ1v) is 9.71. The second-order valence-corrected chi connectivity index (χ2v) is 7.14. The normalized spacial score (nSPS) is 18.0. The minimum Gasteiger partial charge on any atom is -0.337 e. The van der Waals surface area contributed by atoms with Gasteiger partial charge in [0.1, 0.15) is 6.04 Å². The van der Waals surface area contributed by atoms with Gasteiger partial charge in [0.05, 0.1) is 0 Å². The highest BCUT2D eigenvalue weighted by Crippen LogP contribution is 2.32. The average molecular weight is 376 g/mol. The van der Waals surface area contributed by atoms with Crippen LogP contribution in [0.3, 0.4) is 0 Å². The van der Waals surface area contributed by atoms with Crippen molar-refractivity contribution in [3.63, 3.8) is 0 Å². The summed E-state index contributed by atoms with van der Waals surface area (Å²) in [4.78, 5) is 19.4. The van der Waals surface area contributed by atoms with Crippen LogP contribution in [0.1, 0.15) is 49.2 Å². The molecule has 6 nitrogen and oxygen atoms in total. The van der Waals surface area contributed by atoms with Gasteiger partial charge in [-0.2, -0.15) is 4.98 Å². The van der Waals surface area contributed by atoms with Crippen LogP contribution in [-0.2, 0) is 4.79 Å². The molecular formula is C22H24N4O2. The van der Waals surface area contributed by atoms with E-state index in [0.29, 0.717) is 18.3 Å². The number of rotatable bonds is 5. The summed E-state index contributed by atoms with van der Waals surface area (Å²) in [7, 11) is 0. The predicted octanol–water partition coefficient (Wildman–Crippen LogP) is 3.88. The van der Waals surface area contributed by atoms with E-state index >= 15 is 0 Å². The van der Waals surface area contributed by atoms with Gasteiger partial charge in [-0.05, 0) is 24.8 Å². The van der Waals surface area contributed by atoms with Gasteiger partial charge in [-0.3, -0.25) is 4.79 Å². The van der Waals surface area contributed by atoms with Gasteiger partial charge < -0.3 is 15.2 Å². The van der Waals surface area contributed by atoms with E-state index in [1.807, 2.05) is 65.6 Å². The molecule has 1 aromatic heterocycles. The standard InChI is InChI=1S/C22H24N4O2/c23-18(16-9-3-1-4-10-16)15-20(27)26-14-8-7-13-19(26)22-24-21(25-28-22)17-11-5-2-6-12-17/h1-6,9-12,18-19H,7-8,13-15,23H2. The lowest BCUT2D eigenvalue weighted by atomic mass is 9.99. The largest absolute Gasteiger partial charge is 0.337 e. The van der Waals surface area contributed by atoms with Crippen molar-refractivity contribution in [2.75, 3.05) is 6.54 Å². The third kappa shape index (κ3) is 3.97. The van der Waals surface area contributed by atoms with Crippen LogP contribution in [0.5, 0.6) is 0 Å². The molecule has 28 heavy (non-hydrogen) atoms. The van der Waals surface area contributed by atoms with Crippen LogP contribution in [-0.4, -0.2) is 27.5 Å². The highest BCUT2D eigenvalue weighted by Gasteiger charge is 2.32. The molecule has 2 unspecified atom stereocenters. The van der Waals surface area contributed by atoms with Gasteiger partial charge in [-0.15, -0.1) is 0 Å². The molecule has 2 atom stereocenters. The number of hydrogen-bond donors (Lipinski definition) is 1. The zero-order chi connectivity index (χ0) is 19.3. The van der Waals surface area contributed by atoms with Crippen molar-refractivity contribution in [1.82, 2.24) is 15.0 Å². The number of nitrogens with two attached hydrogens (primary N) is 1. The van der Waals surface area contributed by atoms with Gasteiger partial charge in [-0.1, -0.05) is 65.8 Å². The summed E-state index contributed by atoms with van der Waals surface area (Å²) in [6.45, 7) is 0.689. The maximum absolute atomic E-state index is 13.0. The minimum atomic E-state index is -0.321. The zero-order valence-electron chi connectivity index (χ0n) is 15.7. The molecule has 4 rings (SSSR count). The lowest BCUT2D eigenvalue weighted by molar-refractivity contribution is -0.136. The van der Waals surface area contributed by atoms with Crippen molar-refractivity contribution in [2.45, 2.75) is 37.8 Å². The van der Waals surface area contributed by atoms with Gasteiger partial charge >= 0.3 is 0 Å². The van der Waals surface area contributed by atoms with E-state index in [1.165, 1.54) is 0 Å². The Morgan fingerprint density at radius 1 is 1.11 bits per heavy atom. The number of hydrogen-bond acceptors (Lipinski definition) is 5. The number of carbonyl (C=O) groups excluding carboxylic acids is 1. The summed E-state index contributed by atoms with van der Waals surface area (Å²) in [6.07, 6.45) is 3.09. The molecule has 2 aromatic carbocycles. The molecular weight excluding hydrogens is 352 g/mol. The molecule has 0 aliphatic carbocycles. The summed E-state index contributed by atoms with van der Waals surface area (Å²) in [6, 6.07) is 18.9. The van der Waals surface area contributed by atoms with Crippen molar-refractivity contribution in [3.05, 3.63) is 72.1 Å². The molecule has 1 fully saturated rings. The predicted molar refractivity (Wildman–Crippen MR) is 106 cm³/mol. The summed E-state index contributed by atoms with van der Waals surface area (Å²) in [5, 5.41) is 4.12. The van der Waals surface area contributed by atoms with Crippen LogP contribution in [0.2, 0.25) is 0 Å². The molecule has 6 heteroatoms. The SMILES string of the molecule is NC(CC(=O)N1CCCCC1c1nc(-c2ccccc2)no1)c1ccccc1. The number of nitrogens with zero attached hydrogens (tertiary/aromatic N) is 3. The molecule has 1 amide bonds. The van der Waals surface area contributed by atoms with Gasteiger partial charge in [0, 0.05) is 24.6 Å². The molecule has 1 aliphatic heterocycles. The van der Waals surface area contributed by atoms with Gasteiger partial charge in [-0.25, -0.2) is 0 Å². The Labute approximate surface area is 164 Å². The maximum Gasteiger partial charge on any atom is 0.249 e. The highest BCUT2D eigenvalue weighted by atomic mass is 16.5. The van der Waals surface area contributed by atoms with Crippen LogP contribution in [0.25, 0.3) is 11.4 Å². The molecule has 0 bridgehead atoms. The first-order valence-electron chi connectivity index (χ1n) is 9.71. The lowest BCUT2D eigenvalue weighted by Crippen LogP contribution is -2.39. The average Bonchev–Trinajstić information content (AvgIpc) is 3.25. The fraction of sp³-hybridized carbons (Fsp3) is 0.318. The Kier molecular flexibility index (Phi) is 5.48. The van der Waals surface area contributed by atoms with Crippen molar-refractivity contribution < 1.29 is 9.32 Å². The third-order valence-corrected chi connectivity index (χ3v) is 5.20. The van der Waals surface area contributed by atoms with Crippen LogP contribution >= 0.6 is 0 Å². The van der Waals surface area contributed by atoms with E-state index in [-0.39, 0.29) is 24.4 Å². The summed E-state index contributed by atoms with van der Waals surface area (Å²) in [5.74, 6) is 1.08. The Morgan fingerprint density at radius 2 is 1.82 bits per heavy atom. The quantitative estimate of drug-likeness (QED) is 0.730. The van der Waals surface area contributed by atoms with E-state index < -0.39 is 0 Å². The monoisotopic (exact) mass is 376 g/mol. The first-order chi connectivity index (χ1) is 13.7. The van der Waals surface area contributed by atoms with E-state index in [1.54, 1.807) is 0 Å². The zero-order valence-corrected chi connectivity index (χ0v) is 15.7. The molecule has 0 radical (unpaired) electrons. The number of piperidine rings is 1. The number of aromatic nitrogens is 2. The van der Waals surface area contributed by atoms with Gasteiger partial charge in [0.15, 0.2) is 0 Å². The van der Waals surface area contributed by atoms with Crippen molar-refractivity contribution >= 4 is 5.91 Å². The Morgan fingerprint density at radius 3 is 2.57 bits per heavy atom. The molecule has 2 N–H and O–H groups in total. The smallest absolute Gasteiger partial charge is 0.249 e. The van der Waals surface area contributed by atoms with Crippen molar-refractivity contribution in [2.24, 2.45) is 5.73 Å². The number of likely N-dealkylation sites (tertiary alicyclic amines) is 1. The minimum absolute atomic E-state index is 0.0283. The summed E-state index contributed by atoms with van der Waals surface area (Å²) < 4.78 is 5.54. The van der Waals surface area contributed by atoms with Crippen LogP contribution in [0, 0.1) is 0 Å². The molecule has 1 aliphatic rings. The molecule has 3 aromatic rings. The molecule has 144 valence electrons. The molecule has 2 heterocycles. The fourth-order valence-corrected chi connectivity index (χ4v) is 3.69. The van der Waals surface area contributed by atoms with Crippen LogP contribution < -0.4 is 5.73 Å². The third-order valence-electron chi connectivity index (χ3n) is 5.20. The van der Waals surface area contributed by atoms with Crippen LogP contribution in [0.15, 0.2) is 65.2 Å². The van der Waals surface area contributed by atoms with Gasteiger partial charge in [0.25, 0.3) is 0 Å². The van der Waals surface area contributed by atoms with Crippen molar-refractivity contribution in [1.29, 1.82) is 0 Å². The van der Waals surface area contributed by atoms with E-state index in [9.17, 15) is 4.79 Å². The topological polar surface area (TPSA) is 85.3 Å². The Balaban J connectivity index is 1.50. The van der Waals surface area contributed by atoms with Gasteiger partial charge in [0.2, 0.25) is 17.6 Å². The fourth-order valence-electron chi connectivity index (χ4n) is 3.69. The lowest BCUT2D eigenvalue weighted by Gasteiger charge is -2.34. The number of benzene rings is 2. The highest BCUT2D eigenvalue weighted by molar-refractivity contribution is 5.77. The molecule has 0 saturated carbocycles. The first kappa shape index (κ1) is 18.4. The molecule has 0 spiro atoms.